The Kier molecular flexibility index (Phi) is 4.71. The molecule has 0 aromatic heterocycles. The van der Waals surface area contributed by atoms with Gasteiger partial charge in [0.05, 0.1) is 16.3 Å². The van der Waals surface area contributed by atoms with Gasteiger partial charge >= 0.3 is 5.97 Å². The minimum Gasteiger partial charge on any atom is -0.423 e. The van der Waals surface area contributed by atoms with Crippen LogP contribution in [0.5, 0.6) is 5.75 Å². The molecule has 0 radical (unpaired) electrons. The van der Waals surface area contributed by atoms with Crippen LogP contribution in [0.3, 0.4) is 0 Å². The Morgan fingerprint density at radius 1 is 1.17 bits per heavy atom. The van der Waals surface area contributed by atoms with E-state index in [0.29, 0.717) is 11.3 Å². The van der Waals surface area contributed by atoms with Gasteiger partial charge in [-0.1, -0.05) is 30.0 Å². The molecule has 0 unspecified atom stereocenters. The van der Waals surface area contributed by atoms with Crippen LogP contribution >= 0.6 is 11.8 Å². The Hall–Kier alpha value is -2.53. The molecular weight excluding hydrogens is 322 g/mol. The number of esters is 1. The lowest BCUT2D eigenvalue weighted by atomic mass is 10.2. The van der Waals surface area contributed by atoms with E-state index in [0.717, 1.165) is 22.2 Å². The van der Waals surface area contributed by atoms with E-state index in [9.17, 15) is 9.59 Å². The molecule has 1 aliphatic heterocycles. The zero-order valence-electron chi connectivity index (χ0n) is 13.5. The standard InChI is InChI=1S/C19H17NO3S/c1-3-20-16-12-15(23-19(22)14-7-5-4-6-8-14)9-10-17(16)24-18(20)11-13(2)21/h4-12H,3H2,1-2H3. The van der Waals surface area contributed by atoms with Crippen molar-refractivity contribution < 1.29 is 14.3 Å². The van der Waals surface area contributed by atoms with Crippen LogP contribution in [-0.2, 0) is 4.79 Å². The fourth-order valence-electron chi connectivity index (χ4n) is 2.49. The second-order valence-corrected chi connectivity index (χ2v) is 6.39. The van der Waals surface area contributed by atoms with Gasteiger partial charge < -0.3 is 9.64 Å². The first-order valence-corrected chi connectivity index (χ1v) is 8.49. The maximum atomic E-state index is 12.2. The molecule has 24 heavy (non-hydrogen) atoms. The van der Waals surface area contributed by atoms with Crippen LogP contribution < -0.4 is 9.64 Å². The summed E-state index contributed by atoms with van der Waals surface area (Å²) in [5, 5.41) is 0.895. The Balaban J connectivity index is 1.85. The van der Waals surface area contributed by atoms with Gasteiger partial charge in [0.25, 0.3) is 0 Å². The molecule has 0 bridgehead atoms. The zero-order chi connectivity index (χ0) is 17.1. The molecule has 0 N–H and O–H groups in total. The van der Waals surface area contributed by atoms with Crippen LogP contribution in [-0.4, -0.2) is 18.3 Å². The van der Waals surface area contributed by atoms with Crippen molar-refractivity contribution in [2.24, 2.45) is 0 Å². The van der Waals surface area contributed by atoms with Crippen LogP contribution in [0.4, 0.5) is 5.69 Å². The fraction of sp³-hybridized carbons (Fsp3) is 0.158. The quantitative estimate of drug-likeness (QED) is 0.473. The highest BCUT2D eigenvalue weighted by atomic mass is 32.2. The highest BCUT2D eigenvalue weighted by Crippen LogP contribution is 2.47. The first kappa shape index (κ1) is 16.3. The van der Waals surface area contributed by atoms with Gasteiger partial charge in [-0.25, -0.2) is 4.79 Å². The van der Waals surface area contributed by atoms with Crippen molar-refractivity contribution in [2.45, 2.75) is 18.7 Å². The molecule has 3 rings (SSSR count). The fourth-order valence-corrected chi connectivity index (χ4v) is 3.69. The predicted octanol–water partition coefficient (Wildman–Crippen LogP) is 4.27. The number of carbonyl (C=O) groups excluding carboxylic acids is 2. The average Bonchev–Trinajstić information content (AvgIpc) is 2.91. The zero-order valence-corrected chi connectivity index (χ0v) is 14.3. The first-order chi connectivity index (χ1) is 11.6. The Bertz CT molecular complexity index is 815. The monoisotopic (exact) mass is 339 g/mol. The van der Waals surface area contributed by atoms with Gasteiger partial charge in [0.2, 0.25) is 0 Å². The van der Waals surface area contributed by atoms with Gasteiger partial charge in [-0.05, 0) is 38.1 Å². The van der Waals surface area contributed by atoms with Crippen molar-refractivity contribution in [1.82, 2.24) is 0 Å². The number of nitrogens with zero attached hydrogens (tertiary/aromatic N) is 1. The van der Waals surface area contributed by atoms with Gasteiger partial charge in [-0.2, -0.15) is 0 Å². The minimum atomic E-state index is -0.385. The Labute approximate surface area is 145 Å². The summed E-state index contributed by atoms with van der Waals surface area (Å²) in [6.45, 7) is 4.29. The molecule has 0 aliphatic carbocycles. The molecule has 0 amide bonds. The summed E-state index contributed by atoms with van der Waals surface area (Å²) < 4.78 is 5.47. The number of rotatable bonds is 4. The van der Waals surface area contributed by atoms with Gasteiger partial charge in [-0.15, -0.1) is 0 Å². The van der Waals surface area contributed by atoms with Crippen molar-refractivity contribution in [1.29, 1.82) is 0 Å². The molecule has 2 aromatic rings. The third-order valence-electron chi connectivity index (χ3n) is 3.56. The molecule has 122 valence electrons. The summed E-state index contributed by atoms with van der Waals surface area (Å²) in [6, 6.07) is 14.4. The number of fused-ring (bicyclic) bond motifs is 1. The maximum absolute atomic E-state index is 12.2. The molecule has 5 heteroatoms. The first-order valence-electron chi connectivity index (χ1n) is 7.67. The number of anilines is 1. The predicted molar refractivity (Wildman–Crippen MR) is 95.5 cm³/mol. The number of carbonyl (C=O) groups is 2. The summed E-state index contributed by atoms with van der Waals surface area (Å²) in [5.74, 6) is 0.119. The van der Waals surface area contributed by atoms with E-state index < -0.39 is 0 Å². The normalized spacial score (nSPS) is 14.6. The molecule has 2 aromatic carbocycles. The van der Waals surface area contributed by atoms with Crippen LogP contribution in [0.25, 0.3) is 0 Å². The summed E-state index contributed by atoms with van der Waals surface area (Å²) in [4.78, 5) is 26.7. The molecule has 0 spiro atoms. The largest absolute Gasteiger partial charge is 0.423 e. The number of benzene rings is 2. The third-order valence-corrected chi connectivity index (χ3v) is 4.68. The van der Waals surface area contributed by atoms with Crippen LogP contribution in [0.1, 0.15) is 24.2 Å². The molecule has 0 fully saturated rings. The molecule has 0 saturated carbocycles. The summed E-state index contributed by atoms with van der Waals surface area (Å²) in [7, 11) is 0. The van der Waals surface area contributed by atoms with E-state index >= 15 is 0 Å². The lowest BCUT2D eigenvalue weighted by Crippen LogP contribution is -2.17. The van der Waals surface area contributed by atoms with Gasteiger partial charge in [0.1, 0.15) is 5.75 Å². The lowest BCUT2D eigenvalue weighted by molar-refractivity contribution is -0.112. The van der Waals surface area contributed by atoms with Crippen molar-refractivity contribution in [3.63, 3.8) is 0 Å². The summed E-state index contributed by atoms with van der Waals surface area (Å²) in [5.41, 5.74) is 1.46. The van der Waals surface area contributed by atoms with E-state index in [-0.39, 0.29) is 11.8 Å². The van der Waals surface area contributed by atoms with E-state index in [1.165, 1.54) is 6.92 Å². The van der Waals surface area contributed by atoms with Crippen LogP contribution in [0, 0.1) is 0 Å². The van der Waals surface area contributed by atoms with Crippen molar-refractivity contribution in [2.75, 3.05) is 11.4 Å². The second-order valence-electron chi connectivity index (χ2n) is 5.32. The molecular formula is C19H17NO3S. The van der Waals surface area contributed by atoms with Crippen molar-refractivity contribution in [3.05, 3.63) is 65.2 Å². The molecule has 1 aliphatic rings. The lowest BCUT2D eigenvalue weighted by Gasteiger charge is -2.18. The average molecular weight is 339 g/mol. The van der Waals surface area contributed by atoms with E-state index in [2.05, 4.69) is 0 Å². The number of allylic oxidation sites excluding steroid dienone is 1. The topological polar surface area (TPSA) is 46.6 Å². The van der Waals surface area contributed by atoms with E-state index in [1.54, 1.807) is 48.2 Å². The third kappa shape index (κ3) is 3.36. The molecule has 0 atom stereocenters. The number of hydrogen-bond donors (Lipinski definition) is 0. The summed E-state index contributed by atoms with van der Waals surface area (Å²) >= 11 is 1.55. The Morgan fingerprint density at radius 2 is 1.92 bits per heavy atom. The van der Waals surface area contributed by atoms with Gasteiger partial charge in [0, 0.05) is 23.6 Å². The number of thioether (sulfide) groups is 1. The maximum Gasteiger partial charge on any atom is 0.343 e. The molecule has 4 nitrogen and oxygen atoms in total. The Morgan fingerprint density at radius 3 is 2.58 bits per heavy atom. The number of hydrogen-bond acceptors (Lipinski definition) is 5. The highest BCUT2D eigenvalue weighted by molar-refractivity contribution is 8.03. The molecule has 1 heterocycles. The van der Waals surface area contributed by atoms with Crippen molar-refractivity contribution in [3.8, 4) is 5.75 Å². The van der Waals surface area contributed by atoms with Crippen molar-refractivity contribution >= 4 is 29.2 Å². The minimum absolute atomic E-state index is 0.0134. The van der Waals surface area contributed by atoms with Crippen LogP contribution in [0.15, 0.2) is 64.5 Å². The van der Waals surface area contributed by atoms with E-state index in [1.807, 2.05) is 30.0 Å². The number of ether oxygens (including phenoxy) is 1. The summed E-state index contributed by atoms with van der Waals surface area (Å²) in [6.07, 6.45) is 1.63. The molecule has 0 saturated heterocycles. The second kappa shape index (κ2) is 6.93. The van der Waals surface area contributed by atoms with E-state index in [4.69, 9.17) is 4.74 Å². The van der Waals surface area contributed by atoms with Gasteiger partial charge in [-0.3, -0.25) is 4.79 Å². The SMILES string of the molecule is CCN1C(=CC(C)=O)Sc2ccc(OC(=O)c3ccccc3)cc21. The number of ketones is 1. The van der Waals surface area contributed by atoms with Crippen LogP contribution in [0.2, 0.25) is 0 Å². The van der Waals surface area contributed by atoms with Gasteiger partial charge in [0.15, 0.2) is 5.78 Å². The highest BCUT2D eigenvalue weighted by Gasteiger charge is 2.25. The smallest absolute Gasteiger partial charge is 0.343 e.